The van der Waals surface area contributed by atoms with Crippen LogP contribution in [0.2, 0.25) is 0 Å². The predicted octanol–water partition coefficient (Wildman–Crippen LogP) is 3.15. The van der Waals surface area contributed by atoms with Gasteiger partial charge in [-0.05, 0) is 36.0 Å². The quantitative estimate of drug-likeness (QED) is 0.253. The fourth-order valence-electron chi connectivity index (χ4n) is 5.06. The van der Waals surface area contributed by atoms with Crippen molar-refractivity contribution >= 4 is 35.5 Å². The molecular formula is C29H30FN3O5. The van der Waals surface area contributed by atoms with E-state index >= 15 is 0 Å². The largest absolute Gasteiger partial charge is 0.346 e. The molecule has 4 rings (SSSR count). The van der Waals surface area contributed by atoms with Crippen LogP contribution in [0.25, 0.3) is 6.08 Å². The molecule has 198 valence electrons. The number of benzene rings is 2. The van der Waals surface area contributed by atoms with Gasteiger partial charge < -0.3 is 10.6 Å². The van der Waals surface area contributed by atoms with Crippen molar-refractivity contribution in [3.8, 4) is 0 Å². The van der Waals surface area contributed by atoms with Crippen LogP contribution in [0.3, 0.4) is 0 Å². The van der Waals surface area contributed by atoms with Gasteiger partial charge in [0, 0.05) is 6.42 Å². The number of hydrogen-bond donors (Lipinski definition) is 3. The summed E-state index contributed by atoms with van der Waals surface area (Å²) in [6.45, 7) is 0. The van der Waals surface area contributed by atoms with Gasteiger partial charge in [0.15, 0.2) is 11.6 Å². The summed E-state index contributed by atoms with van der Waals surface area (Å²) in [6.07, 6.45) is 3.86. The standard InChI is InChI=1S/C29H30FN3O5/c30-22(15-18-9-3-1-4-10-18)29(38)31-23(19-11-5-2-6-12-19)17-25(35)32-26(20-13-7-8-14-20)27(36)21-16-24(34)33-28(21)37/h1-6,9-12,15,20-21,23,26H,7-8,13-14,16-17H2,(H,31,38)(H,32,35)(H,33,34,37)/b22-15-/t21-,23+,26+/m1/s1. The number of halogens is 1. The van der Waals surface area contributed by atoms with Crippen molar-refractivity contribution in [2.45, 2.75) is 50.6 Å². The Labute approximate surface area is 220 Å². The summed E-state index contributed by atoms with van der Waals surface area (Å²) in [6, 6.07) is 15.4. The zero-order valence-corrected chi connectivity index (χ0v) is 20.8. The summed E-state index contributed by atoms with van der Waals surface area (Å²) >= 11 is 0. The van der Waals surface area contributed by atoms with Crippen molar-refractivity contribution in [2.24, 2.45) is 11.8 Å². The average molecular weight is 520 g/mol. The number of ketones is 1. The fraction of sp³-hybridized carbons (Fsp3) is 0.345. The summed E-state index contributed by atoms with van der Waals surface area (Å²) in [5.74, 6) is -5.42. The van der Waals surface area contributed by atoms with Crippen molar-refractivity contribution in [1.29, 1.82) is 0 Å². The molecule has 1 aliphatic carbocycles. The molecule has 0 bridgehead atoms. The molecule has 2 aliphatic rings. The van der Waals surface area contributed by atoms with Crippen LogP contribution in [-0.2, 0) is 24.0 Å². The van der Waals surface area contributed by atoms with E-state index in [-0.39, 0.29) is 18.8 Å². The average Bonchev–Trinajstić information content (AvgIpc) is 3.57. The van der Waals surface area contributed by atoms with Crippen LogP contribution in [0.1, 0.15) is 55.7 Å². The zero-order valence-electron chi connectivity index (χ0n) is 20.8. The maximum absolute atomic E-state index is 14.7. The lowest BCUT2D eigenvalue weighted by Crippen LogP contribution is -2.49. The van der Waals surface area contributed by atoms with E-state index in [4.69, 9.17) is 0 Å². The molecule has 38 heavy (non-hydrogen) atoms. The van der Waals surface area contributed by atoms with E-state index in [9.17, 15) is 28.4 Å². The number of carbonyl (C=O) groups excluding carboxylic acids is 5. The normalized spacial score (nSPS) is 19.5. The highest BCUT2D eigenvalue weighted by molar-refractivity contribution is 6.15. The second-order valence-electron chi connectivity index (χ2n) is 9.71. The minimum absolute atomic E-state index is 0.147. The first-order valence-corrected chi connectivity index (χ1v) is 12.8. The highest BCUT2D eigenvalue weighted by atomic mass is 19.1. The monoisotopic (exact) mass is 519 g/mol. The molecule has 2 fully saturated rings. The minimum Gasteiger partial charge on any atom is -0.346 e. The highest BCUT2D eigenvalue weighted by Crippen LogP contribution is 2.31. The van der Waals surface area contributed by atoms with E-state index in [0.717, 1.165) is 18.9 Å². The van der Waals surface area contributed by atoms with Crippen LogP contribution in [-0.4, -0.2) is 35.5 Å². The van der Waals surface area contributed by atoms with Crippen LogP contribution in [0.4, 0.5) is 4.39 Å². The summed E-state index contributed by atoms with van der Waals surface area (Å²) in [4.78, 5) is 63.0. The lowest BCUT2D eigenvalue weighted by atomic mass is 9.87. The van der Waals surface area contributed by atoms with Gasteiger partial charge in [0.1, 0.15) is 5.92 Å². The fourth-order valence-corrected chi connectivity index (χ4v) is 5.06. The third-order valence-corrected chi connectivity index (χ3v) is 7.01. The number of hydrogen-bond acceptors (Lipinski definition) is 5. The number of amides is 4. The van der Waals surface area contributed by atoms with E-state index in [1.807, 2.05) is 0 Å². The Bertz CT molecular complexity index is 1230. The molecule has 0 aromatic heterocycles. The number of rotatable bonds is 10. The van der Waals surface area contributed by atoms with Gasteiger partial charge in [-0.15, -0.1) is 0 Å². The maximum Gasteiger partial charge on any atom is 0.280 e. The van der Waals surface area contributed by atoms with Crippen LogP contribution in [0.15, 0.2) is 66.5 Å². The first kappa shape index (κ1) is 26.9. The number of Topliss-reactive ketones (excluding diaryl/α,β-unsaturated/α-hetero) is 1. The van der Waals surface area contributed by atoms with Crippen LogP contribution in [0, 0.1) is 11.8 Å². The molecule has 4 amide bonds. The van der Waals surface area contributed by atoms with E-state index in [0.29, 0.717) is 24.0 Å². The van der Waals surface area contributed by atoms with Gasteiger partial charge in [-0.1, -0.05) is 73.5 Å². The molecule has 8 nitrogen and oxygen atoms in total. The van der Waals surface area contributed by atoms with Crippen LogP contribution in [0.5, 0.6) is 0 Å². The van der Waals surface area contributed by atoms with E-state index in [1.54, 1.807) is 60.7 Å². The Morgan fingerprint density at radius 2 is 1.58 bits per heavy atom. The predicted molar refractivity (Wildman–Crippen MR) is 138 cm³/mol. The Morgan fingerprint density at radius 1 is 0.947 bits per heavy atom. The Hall–Kier alpha value is -4.14. The third-order valence-electron chi connectivity index (χ3n) is 7.01. The van der Waals surface area contributed by atoms with E-state index in [2.05, 4.69) is 16.0 Å². The zero-order chi connectivity index (χ0) is 27.1. The van der Waals surface area contributed by atoms with E-state index < -0.39 is 53.2 Å². The molecule has 9 heteroatoms. The number of nitrogens with one attached hydrogen (secondary N) is 3. The first-order chi connectivity index (χ1) is 18.3. The third kappa shape index (κ3) is 6.79. The molecule has 0 unspecified atom stereocenters. The highest BCUT2D eigenvalue weighted by Gasteiger charge is 2.43. The topological polar surface area (TPSA) is 121 Å². The summed E-state index contributed by atoms with van der Waals surface area (Å²) in [5, 5.41) is 7.51. The number of imide groups is 1. The molecule has 1 saturated carbocycles. The SMILES string of the molecule is O=C1C[C@H](C(=O)[C@@H](NC(=O)C[C@H](NC(=O)/C(F)=C/c2ccccc2)c2ccccc2)C2CCCC2)C(=O)N1. The van der Waals surface area contributed by atoms with Crippen molar-refractivity contribution in [1.82, 2.24) is 16.0 Å². The molecule has 3 atom stereocenters. The van der Waals surface area contributed by atoms with Gasteiger partial charge in [-0.25, -0.2) is 4.39 Å². The first-order valence-electron chi connectivity index (χ1n) is 12.8. The van der Waals surface area contributed by atoms with Gasteiger partial charge in [0.25, 0.3) is 5.91 Å². The smallest absolute Gasteiger partial charge is 0.280 e. The molecule has 3 N–H and O–H groups in total. The van der Waals surface area contributed by atoms with Gasteiger partial charge in [-0.3, -0.25) is 29.3 Å². The molecule has 1 heterocycles. The lowest BCUT2D eigenvalue weighted by molar-refractivity contribution is -0.136. The van der Waals surface area contributed by atoms with Crippen molar-refractivity contribution in [3.05, 3.63) is 77.6 Å². The van der Waals surface area contributed by atoms with E-state index in [1.165, 1.54) is 0 Å². The molecule has 2 aromatic rings. The van der Waals surface area contributed by atoms with Crippen molar-refractivity contribution < 1.29 is 28.4 Å². The minimum atomic E-state index is -1.13. The van der Waals surface area contributed by atoms with Gasteiger partial charge >= 0.3 is 0 Å². The second kappa shape index (κ2) is 12.4. The molecular weight excluding hydrogens is 489 g/mol. The lowest BCUT2D eigenvalue weighted by Gasteiger charge is -2.26. The summed E-state index contributed by atoms with van der Waals surface area (Å²) in [5.41, 5.74) is 1.11. The van der Waals surface area contributed by atoms with Crippen LogP contribution >= 0.6 is 0 Å². The van der Waals surface area contributed by atoms with Gasteiger partial charge in [0.2, 0.25) is 17.7 Å². The van der Waals surface area contributed by atoms with Crippen molar-refractivity contribution in [2.75, 3.05) is 0 Å². The Kier molecular flexibility index (Phi) is 8.78. The second-order valence-corrected chi connectivity index (χ2v) is 9.71. The van der Waals surface area contributed by atoms with Crippen LogP contribution < -0.4 is 16.0 Å². The number of carbonyl (C=O) groups is 5. The Balaban J connectivity index is 1.49. The van der Waals surface area contributed by atoms with Gasteiger partial charge in [0.05, 0.1) is 18.5 Å². The maximum atomic E-state index is 14.7. The molecule has 1 aliphatic heterocycles. The molecule has 0 radical (unpaired) electrons. The molecule has 1 saturated heterocycles. The molecule has 0 spiro atoms. The molecule has 2 aromatic carbocycles. The van der Waals surface area contributed by atoms with Crippen molar-refractivity contribution in [3.63, 3.8) is 0 Å². The van der Waals surface area contributed by atoms with Gasteiger partial charge in [-0.2, -0.15) is 0 Å². The summed E-state index contributed by atoms with van der Waals surface area (Å²) in [7, 11) is 0. The summed E-state index contributed by atoms with van der Waals surface area (Å²) < 4.78 is 14.7. The Morgan fingerprint density at radius 3 is 2.18 bits per heavy atom.